The van der Waals surface area contributed by atoms with Crippen LogP contribution in [0.15, 0.2) is 24.4 Å². The summed E-state index contributed by atoms with van der Waals surface area (Å²) in [5, 5.41) is 9.69. The summed E-state index contributed by atoms with van der Waals surface area (Å²) in [5.74, 6) is 0.273. The van der Waals surface area contributed by atoms with E-state index in [1.54, 1.807) is 36.8 Å². The van der Waals surface area contributed by atoms with Gasteiger partial charge in [0.15, 0.2) is 0 Å². The Morgan fingerprint density at radius 1 is 1.53 bits per heavy atom. The number of rotatable bonds is 4. The molecule has 0 bridgehead atoms. The number of imidazole rings is 1. The quantitative estimate of drug-likeness (QED) is 0.935. The van der Waals surface area contributed by atoms with Crippen molar-refractivity contribution in [3.8, 4) is 5.75 Å². The van der Waals surface area contributed by atoms with E-state index in [0.717, 1.165) is 5.56 Å². The summed E-state index contributed by atoms with van der Waals surface area (Å²) in [5.41, 5.74) is 0.943. The second-order valence-electron chi connectivity index (χ2n) is 4.04. The van der Waals surface area contributed by atoms with Crippen molar-refractivity contribution in [3.63, 3.8) is 0 Å². The molecule has 0 saturated heterocycles. The average Bonchev–Trinajstić information content (AvgIpc) is 2.72. The fraction of sp³-hybridized carbons (Fsp3) is 0.231. The topological polar surface area (TPSA) is 64.3 Å². The zero-order valence-electron chi connectivity index (χ0n) is 10.6. The Bertz CT molecular complexity index is 622. The standard InChI is InChI=1S/C13H13ClN2O3/c1-8-15-6-11(13(17)18)16(8)7-9-5-10(14)3-4-12(9)19-2/h3-6H,7H2,1-2H3,(H,17,18). The number of halogens is 1. The highest BCUT2D eigenvalue weighted by atomic mass is 35.5. The van der Waals surface area contributed by atoms with E-state index in [1.165, 1.54) is 6.20 Å². The number of carbonyl (C=O) groups is 1. The number of benzene rings is 1. The maximum absolute atomic E-state index is 11.1. The van der Waals surface area contributed by atoms with E-state index >= 15 is 0 Å². The number of ether oxygens (including phenoxy) is 1. The monoisotopic (exact) mass is 280 g/mol. The number of aromatic nitrogens is 2. The van der Waals surface area contributed by atoms with E-state index in [-0.39, 0.29) is 5.69 Å². The Labute approximate surface area is 115 Å². The molecule has 1 heterocycles. The minimum atomic E-state index is -1.01. The van der Waals surface area contributed by atoms with Gasteiger partial charge in [0.25, 0.3) is 0 Å². The van der Waals surface area contributed by atoms with Crippen LogP contribution < -0.4 is 4.74 Å². The number of hydrogen-bond donors (Lipinski definition) is 1. The van der Waals surface area contributed by atoms with E-state index in [9.17, 15) is 4.79 Å². The summed E-state index contributed by atoms with van der Waals surface area (Å²) < 4.78 is 6.86. The third-order valence-corrected chi connectivity index (χ3v) is 3.08. The summed E-state index contributed by atoms with van der Waals surface area (Å²) in [6.45, 7) is 2.10. The van der Waals surface area contributed by atoms with Crippen molar-refractivity contribution in [2.24, 2.45) is 0 Å². The molecule has 0 aliphatic carbocycles. The van der Waals surface area contributed by atoms with Crippen molar-refractivity contribution >= 4 is 17.6 Å². The van der Waals surface area contributed by atoms with Crippen LogP contribution in [0.2, 0.25) is 5.02 Å². The fourth-order valence-corrected chi connectivity index (χ4v) is 2.07. The largest absolute Gasteiger partial charge is 0.496 e. The van der Waals surface area contributed by atoms with Gasteiger partial charge in [0, 0.05) is 10.6 Å². The lowest BCUT2D eigenvalue weighted by molar-refractivity contribution is 0.0685. The van der Waals surface area contributed by atoms with Crippen molar-refractivity contribution in [1.29, 1.82) is 0 Å². The molecule has 2 aromatic rings. The Morgan fingerprint density at radius 2 is 2.26 bits per heavy atom. The molecule has 1 aromatic heterocycles. The maximum atomic E-state index is 11.1. The predicted molar refractivity (Wildman–Crippen MR) is 71.0 cm³/mol. The van der Waals surface area contributed by atoms with Gasteiger partial charge in [-0.15, -0.1) is 0 Å². The lowest BCUT2D eigenvalue weighted by atomic mass is 10.2. The van der Waals surface area contributed by atoms with E-state index in [1.807, 2.05) is 0 Å². The van der Waals surface area contributed by atoms with Crippen molar-refractivity contribution in [2.75, 3.05) is 7.11 Å². The Kier molecular flexibility index (Phi) is 3.76. The van der Waals surface area contributed by atoms with Gasteiger partial charge in [0.05, 0.1) is 19.9 Å². The number of aromatic carboxylic acids is 1. The molecule has 0 unspecified atom stereocenters. The van der Waals surface area contributed by atoms with E-state index in [4.69, 9.17) is 21.4 Å². The first-order chi connectivity index (χ1) is 9.02. The highest BCUT2D eigenvalue weighted by Crippen LogP contribution is 2.24. The van der Waals surface area contributed by atoms with Crippen molar-refractivity contribution in [1.82, 2.24) is 9.55 Å². The smallest absolute Gasteiger partial charge is 0.354 e. The van der Waals surface area contributed by atoms with E-state index in [2.05, 4.69) is 4.98 Å². The average molecular weight is 281 g/mol. The normalized spacial score (nSPS) is 10.5. The molecule has 1 N–H and O–H groups in total. The van der Waals surface area contributed by atoms with Crippen LogP contribution in [0.5, 0.6) is 5.75 Å². The zero-order chi connectivity index (χ0) is 14.0. The van der Waals surface area contributed by atoms with Crippen molar-refractivity contribution in [2.45, 2.75) is 13.5 Å². The van der Waals surface area contributed by atoms with Crippen LogP contribution in [0.25, 0.3) is 0 Å². The molecule has 100 valence electrons. The molecule has 6 heteroatoms. The van der Waals surface area contributed by atoms with Gasteiger partial charge in [0.2, 0.25) is 0 Å². The van der Waals surface area contributed by atoms with E-state index < -0.39 is 5.97 Å². The predicted octanol–water partition coefficient (Wildman–Crippen LogP) is 2.60. The Morgan fingerprint density at radius 3 is 2.89 bits per heavy atom. The minimum absolute atomic E-state index is 0.138. The lowest BCUT2D eigenvalue weighted by Crippen LogP contribution is -2.11. The Hall–Kier alpha value is -2.01. The van der Waals surface area contributed by atoms with Crippen LogP contribution in [-0.2, 0) is 6.54 Å². The van der Waals surface area contributed by atoms with Crippen molar-refractivity contribution < 1.29 is 14.6 Å². The summed E-state index contributed by atoms with van der Waals surface area (Å²) in [7, 11) is 1.56. The SMILES string of the molecule is COc1ccc(Cl)cc1Cn1c(C(=O)O)cnc1C. The number of nitrogens with zero attached hydrogens (tertiary/aromatic N) is 2. The molecule has 0 fully saturated rings. The molecule has 2 rings (SSSR count). The molecule has 0 radical (unpaired) electrons. The maximum Gasteiger partial charge on any atom is 0.354 e. The molecule has 19 heavy (non-hydrogen) atoms. The number of carboxylic acid groups (broad SMARTS) is 1. The number of carboxylic acids is 1. The van der Waals surface area contributed by atoms with Gasteiger partial charge in [-0.3, -0.25) is 0 Å². The second kappa shape index (κ2) is 5.32. The van der Waals surface area contributed by atoms with Crippen LogP contribution in [0.3, 0.4) is 0 Å². The zero-order valence-corrected chi connectivity index (χ0v) is 11.3. The minimum Gasteiger partial charge on any atom is -0.496 e. The number of hydrogen-bond acceptors (Lipinski definition) is 3. The summed E-state index contributed by atoms with van der Waals surface area (Å²) >= 11 is 5.96. The second-order valence-corrected chi connectivity index (χ2v) is 4.47. The van der Waals surface area contributed by atoms with Gasteiger partial charge in [-0.2, -0.15) is 0 Å². The van der Waals surface area contributed by atoms with Gasteiger partial charge < -0.3 is 14.4 Å². The molecule has 0 aliphatic heterocycles. The fourth-order valence-electron chi connectivity index (χ4n) is 1.88. The van der Waals surface area contributed by atoms with Crippen LogP contribution in [0, 0.1) is 6.92 Å². The third-order valence-electron chi connectivity index (χ3n) is 2.85. The molecular weight excluding hydrogens is 268 g/mol. The van der Waals surface area contributed by atoms with Crippen LogP contribution in [0.4, 0.5) is 0 Å². The molecule has 1 aromatic carbocycles. The molecule has 0 amide bonds. The first-order valence-corrected chi connectivity index (χ1v) is 5.98. The summed E-state index contributed by atoms with van der Waals surface area (Å²) in [6, 6.07) is 5.23. The highest BCUT2D eigenvalue weighted by molar-refractivity contribution is 6.30. The van der Waals surface area contributed by atoms with Crippen LogP contribution in [0.1, 0.15) is 21.9 Å². The third kappa shape index (κ3) is 2.71. The van der Waals surface area contributed by atoms with Gasteiger partial charge >= 0.3 is 5.97 Å². The first-order valence-electron chi connectivity index (χ1n) is 5.60. The number of aryl methyl sites for hydroxylation is 1. The van der Waals surface area contributed by atoms with Crippen molar-refractivity contribution in [3.05, 3.63) is 46.5 Å². The summed E-state index contributed by atoms with van der Waals surface area (Å²) in [6.07, 6.45) is 1.34. The van der Waals surface area contributed by atoms with Crippen LogP contribution >= 0.6 is 11.6 Å². The molecule has 0 aliphatic rings. The molecule has 5 nitrogen and oxygen atoms in total. The Balaban J connectivity index is 2.44. The molecule has 0 spiro atoms. The first kappa shape index (κ1) is 13.4. The number of methoxy groups -OCH3 is 1. The highest BCUT2D eigenvalue weighted by Gasteiger charge is 2.15. The molecule has 0 atom stereocenters. The van der Waals surface area contributed by atoms with Crippen LogP contribution in [-0.4, -0.2) is 27.7 Å². The van der Waals surface area contributed by atoms with Gasteiger partial charge in [-0.05, 0) is 25.1 Å². The van der Waals surface area contributed by atoms with Gasteiger partial charge in [-0.25, -0.2) is 9.78 Å². The van der Waals surface area contributed by atoms with Gasteiger partial charge in [0.1, 0.15) is 17.3 Å². The van der Waals surface area contributed by atoms with E-state index in [0.29, 0.717) is 23.1 Å². The van der Waals surface area contributed by atoms with Gasteiger partial charge in [-0.1, -0.05) is 11.6 Å². The molecule has 0 saturated carbocycles. The lowest BCUT2D eigenvalue weighted by Gasteiger charge is -2.12. The molecular formula is C13H13ClN2O3. The summed E-state index contributed by atoms with van der Waals surface area (Å²) in [4.78, 5) is 15.1.